The molecule has 0 unspecified atom stereocenters. The van der Waals surface area contributed by atoms with Crippen LogP contribution in [0.1, 0.15) is 0 Å². The molecule has 0 radical (unpaired) electrons. The van der Waals surface area contributed by atoms with Crippen molar-refractivity contribution < 1.29 is 28.6 Å². The van der Waals surface area contributed by atoms with Gasteiger partial charge in [-0.3, -0.25) is 14.7 Å². The number of benzene rings is 1. The lowest BCUT2D eigenvalue weighted by Crippen LogP contribution is -2.46. The number of anilines is 2. The number of carboxylic acids is 1. The number of amides is 2. The Morgan fingerprint density at radius 3 is 2.74 bits per heavy atom. The van der Waals surface area contributed by atoms with Crippen molar-refractivity contribution in [2.24, 2.45) is 5.73 Å². The van der Waals surface area contributed by atoms with Gasteiger partial charge in [0.25, 0.3) is 0 Å². The Morgan fingerprint density at radius 1 is 1.33 bits per heavy atom. The predicted molar refractivity (Wildman–Crippen MR) is 92.6 cm³/mol. The van der Waals surface area contributed by atoms with Crippen LogP contribution in [-0.4, -0.2) is 73.5 Å². The first-order valence-corrected chi connectivity index (χ1v) is 8.41. The summed E-state index contributed by atoms with van der Waals surface area (Å²) in [6, 6.07) is 4.40. The number of halogens is 1. The van der Waals surface area contributed by atoms with Gasteiger partial charge in [-0.25, -0.2) is 19.4 Å². The Kier molecular flexibility index (Phi) is 5.42. The van der Waals surface area contributed by atoms with Gasteiger partial charge in [-0.2, -0.15) is 0 Å². The number of carbonyl (C=O) groups is 3. The van der Waals surface area contributed by atoms with Gasteiger partial charge in [-0.15, -0.1) is 0 Å². The van der Waals surface area contributed by atoms with Gasteiger partial charge in [-0.1, -0.05) is 0 Å². The predicted octanol–water partition coefficient (Wildman–Crippen LogP) is -0.653. The minimum Gasteiger partial charge on any atom is -0.474 e. The van der Waals surface area contributed by atoms with Gasteiger partial charge in [0.1, 0.15) is 11.9 Å². The molecule has 2 fully saturated rings. The molecule has 2 saturated heterocycles. The van der Waals surface area contributed by atoms with Gasteiger partial charge >= 0.3 is 18.0 Å². The fraction of sp³-hybridized carbons (Fsp3) is 0.438. The number of hydrogen-bond acceptors (Lipinski definition) is 7. The van der Waals surface area contributed by atoms with Crippen LogP contribution >= 0.6 is 0 Å². The van der Waals surface area contributed by atoms with E-state index in [1.807, 2.05) is 0 Å². The SMILES string of the molecule is NC[C@H]1CN(c2ccc(N3CCNN(C(=O)C(=O)O)CC3)c(F)c2)C(=O)O1. The molecule has 0 saturated carbocycles. The molecule has 1 atom stereocenters. The van der Waals surface area contributed by atoms with Gasteiger partial charge in [0.05, 0.1) is 24.5 Å². The summed E-state index contributed by atoms with van der Waals surface area (Å²) < 4.78 is 19.7. The molecule has 0 spiro atoms. The van der Waals surface area contributed by atoms with Crippen LogP contribution in [-0.2, 0) is 14.3 Å². The van der Waals surface area contributed by atoms with E-state index in [4.69, 9.17) is 15.6 Å². The lowest BCUT2D eigenvalue weighted by atomic mass is 10.2. The zero-order chi connectivity index (χ0) is 19.6. The number of nitrogens with two attached hydrogens (primary N) is 1. The van der Waals surface area contributed by atoms with Crippen LogP contribution in [0.25, 0.3) is 0 Å². The number of hydrogen-bond donors (Lipinski definition) is 3. The van der Waals surface area contributed by atoms with E-state index in [-0.39, 0.29) is 32.7 Å². The normalized spacial score (nSPS) is 20.4. The van der Waals surface area contributed by atoms with Gasteiger partial charge in [0.2, 0.25) is 0 Å². The van der Waals surface area contributed by atoms with Crippen LogP contribution in [0.2, 0.25) is 0 Å². The van der Waals surface area contributed by atoms with E-state index < -0.39 is 29.9 Å². The van der Waals surface area contributed by atoms with Crippen molar-refractivity contribution in [3.8, 4) is 0 Å². The summed E-state index contributed by atoms with van der Waals surface area (Å²) in [4.78, 5) is 37.2. The van der Waals surface area contributed by atoms with E-state index in [1.165, 1.54) is 11.0 Å². The van der Waals surface area contributed by atoms with Crippen LogP contribution in [0.15, 0.2) is 18.2 Å². The molecule has 2 aliphatic rings. The van der Waals surface area contributed by atoms with Crippen molar-refractivity contribution in [2.45, 2.75) is 6.10 Å². The maximum Gasteiger partial charge on any atom is 0.414 e. The van der Waals surface area contributed by atoms with Crippen LogP contribution < -0.4 is 21.0 Å². The Balaban J connectivity index is 1.72. The highest BCUT2D eigenvalue weighted by atomic mass is 19.1. The first kappa shape index (κ1) is 18.9. The second-order valence-electron chi connectivity index (χ2n) is 6.14. The lowest BCUT2D eigenvalue weighted by molar-refractivity contribution is -0.157. The molecule has 3 rings (SSSR count). The average Bonchev–Trinajstić information content (AvgIpc) is 2.86. The van der Waals surface area contributed by atoms with E-state index in [1.54, 1.807) is 17.0 Å². The van der Waals surface area contributed by atoms with Crippen LogP contribution in [0.3, 0.4) is 0 Å². The number of cyclic esters (lactones) is 1. The molecule has 0 aromatic heterocycles. The average molecular weight is 381 g/mol. The molecule has 10 nitrogen and oxygen atoms in total. The molecule has 146 valence electrons. The number of nitrogens with one attached hydrogen (secondary N) is 1. The number of carbonyl (C=O) groups excluding carboxylic acids is 2. The fourth-order valence-electron chi connectivity index (χ4n) is 3.04. The van der Waals surface area contributed by atoms with Crippen LogP contribution in [0.4, 0.5) is 20.6 Å². The maximum atomic E-state index is 14.7. The molecule has 1 aromatic carbocycles. The third-order valence-corrected chi connectivity index (χ3v) is 4.43. The summed E-state index contributed by atoms with van der Waals surface area (Å²) in [5, 5.41) is 9.79. The summed E-state index contributed by atoms with van der Waals surface area (Å²) in [6.07, 6.45) is -0.992. The summed E-state index contributed by atoms with van der Waals surface area (Å²) in [5.74, 6) is -3.15. The highest BCUT2D eigenvalue weighted by molar-refractivity contribution is 6.31. The summed E-state index contributed by atoms with van der Waals surface area (Å²) in [6.45, 7) is 1.44. The van der Waals surface area contributed by atoms with E-state index in [2.05, 4.69) is 5.43 Å². The second-order valence-corrected chi connectivity index (χ2v) is 6.14. The molecular weight excluding hydrogens is 361 g/mol. The Labute approximate surface area is 154 Å². The molecule has 1 aromatic rings. The second kappa shape index (κ2) is 7.76. The number of aliphatic carboxylic acids is 1. The first-order chi connectivity index (χ1) is 12.9. The third kappa shape index (κ3) is 3.93. The largest absolute Gasteiger partial charge is 0.474 e. The van der Waals surface area contributed by atoms with Gasteiger partial charge in [0.15, 0.2) is 0 Å². The molecule has 27 heavy (non-hydrogen) atoms. The molecule has 0 aliphatic carbocycles. The van der Waals surface area contributed by atoms with Crippen LogP contribution in [0.5, 0.6) is 0 Å². The molecule has 2 aliphatic heterocycles. The van der Waals surface area contributed by atoms with Gasteiger partial charge < -0.3 is 20.5 Å². The molecular formula is C16H20FN5O5. The smallest absolute Gasteiger partial charge is 0.414 e. The lowest BCUT2D eigenvalue weighted by Gasteiger charge is -2.24. The minimum atomic E-state index is -1.56. The Hall–Kier alpha value is -2.92. The Bertz CT molecular complexity index is 761. The van der Waals surface area contributed by atoms with E-state index in [9.17, 15) is 18.8 Å². The monoisotopic (exact) mass is 381 g/mol. The number of rotatable bonds is 3. The summed E-state index contributed by atoms with van der Waals surface area (Å²) >= 11 is 0. The first-order valence-electron chi connectivity index (χ1n) is 8.41. The topological polar surface area (TPSA) is 128 Å². The van der Waals surface area contributed by atoms with Crippen molar-refractivity contribution in [3.05, 3.63) is 24.0 Å². The minimum absolute atomic E-state index is 0.0863. The van der Waals surface area contributed by atoms with E-state index in [0.717, 1.165) is 5.01 Å². The Morgan fingerprint density at radius 2 is 2.11 bits per heavy atom. The number of carboxylic acid groups (broad SMARTS) is 1. The number of hydrazine groups is 1. The molecule has 2 heterocycles. The van der Waals surface area contributed by atoms with Crippen molar-refractivity contribution in [2.75, 3.05) is 49.1 Å². The highest BCUT2D eigenvalue weighted by Gasteiger charge is 2.32. The van der Waals surface area contributed by atoms with Crippen molar-refractivity contribution in [3.63, 3.8) is 0 Å². The number of ether oxygens (including phenoxy) is 1. The fourth-order valence-corrected chi connectivity index (χ4v) is 3.04. The van der Waals surface area contributed by atoms with Crippen molar-refractivity contribution in [1.29, 1.82) is 0 Å². The zero-order valence-electron chi connectivity index (χ0n) is 14.4. The third-order valence-electron chi connectivity index (χ3n) is 4.43. The van der Waals surface area contributed by atoms with Crippen molar-refractivity contribution in [1.82, 2.24) is 10.4 Å². The highest BCUT2D eigenvalue weighted by Crippen LogP contribution is 2.28. The molecule has 4 N–H and O–H groups in total. The van der Waals surface area contributed by atoms with Gasteiger partial charge in [-0.05, 0) is 18.2 Å². The molecule has 2 amide bonds. The summed E-state index contributed by atoms with van der Waals surface area (Å²) in [5.41, 5.74) is 8.88. The number of nitrogens with zero attached hydrogens (tertiary/aromatic N) is 3. The molecule has 0 bridgehead atoms. The summed E-state index contributed by atoms with van der Waals surface area (Å²) in [7, 11) is 0. The van der Waals surface area contributed by atoms with Crippen molar-refractivity contribution >= 4 is 29.3 Å². The standard InChI is InChI=1S/C16H20FN5O5/c17-12-7-10(21-9-11(8-18)27-16(21)26)1-2-13(12)20-4-3-19-22(6-5-20)14(23)15(24)25/h1-2,7,11,19H,3-6,8-9,18H2,(H,24,25)/t11-/m0/s1. The zero-order valence-corrected chi connectivity index (χ0v) is 14.4. The van der Waals surface area contributed by atoms with E-state index >= 15 is 0 Å². The maximum absolute atomic E-state index is 14.7. The van der Waals surface area contributed by atoms with E-state index in [0.29, 0.717) is 17.9 Å². The quantitative estimate of drug-likeness (QED) is 0.589. The molecule has 11 heteroatoms. The van der Waals surface area contributed by atoms with Gasteiger partial charge in [0, 0.05) is 26.2 Å². The van der Waals surface area contributed by atoms with Crippen LogP contribution in [0, 0.1) is 5.82 Å².